The number of carbonyl (C=O) groups excluding carboxylic acids is 1. The molecule has 2 aliphatic heterocycles. The lowest BCUT2D eigenvalue weighted by molar-refractivity contribution is -0.207. The van der Waals surface area contributed by atoms with Gasteiger partial charge >= 0.3 is 5.97 Å². The molecule has 17 heavy (non-hydrogen) atoms. The Bertz CT molecular complexity index is 353. The number of esters is 1. The van der Waals surface area contributed by atoms with Crippen LogP contribution in [0.25, 0.3) is 0 Å². The van der Waals surface area contributed by atoms with Crippen LogP contribution in [0.1, 0.15) is 33.6 Å². The second kappa shape index (κ2) is 4.02. The molecule has 0 aromatic carbocycles. The van der Waals surface area contributed by atoms with E-state index in [1.54, 1.807) is 0 Å². The van der Waals surface area contributed by atoms with Crippen LogP contribution >= 0.6 is 0 Å². The lowest BCUT2D eigenvalue weighted by atomic mass is 9.75. The standard InChI is InChI=1S/C13H21NO3/c1-5-6-9-8(4)14-13(10(15)7(2)3)11(9)17-12(13)16/h7,9-11,14-15H,4-6H2,1-3H3/t9-,10-,11-,13+/m0/s1. The summed E-state index contributed by atoms with van der Waals surface area (Å²) in [7, 11) is 0. The number of hydrogen-bond acceptors (Lipinski definition) is 4. The summed E-state index contributed by atoms with van der Waals surface area (Å²) in [5.41, 5.74) is -0.118. The molecule has 2 fully saturated rings. The molecule has 2 N–H and O–H groups in total. The van der Waals surface area contributed by atoms with E-state index < -0.39 is 11.6 Å². The first-order valence-electron chi connectivity index (χ1n) is 6.31. The highest BCUT2D eigenvalue weighted by Crippen LogP contribution is 2.47. The molecule has 4 atom stereocenters. The van der Waals surface area contributed by atoms with E-state index in [-0.39, 0.29) is 23.9 Å². The summed E-state index contributed by atoms with van der Waals surface area (Å²) in [5, 5.41) is 13.4. The Morgan fingerprint density at radius 1 is 1.59 bits per heavy atom. The molecule has 2 heterocycles. The van der Waals surface area contributed by atoms with Gasteiger partial charge in [-0.1, -0.05) is 33.8 Å². The number of nitrogens with one attached hydrogen (secondary N) is 1. The Morgan fingerprint density at radius 3 is 2.71 bits per heavy atom. The molecule has 0 spiro atoms. The van der Waals surface area contributed by atoms with Crippen molar-refractivity contribution >= 4 is 5.97 Å². The monoisotopic (exact) mass is 239 g/mol. The van der Waals surface area contributed by atoms with Gasteiger partial charge in [0.2, 0.25) is 0 Å². The smallest absolute Gasteiger partial charge is 0.338 e. The van der Waals surface area contributed by atoms with Crippen LogP contribution in [0.2, 0.25) is 0 Å². The molecule has 0 aromatic heterocycles. The molecule has 2 rings (SSSR count). The maximum atomic E-state index is 11.8. The van der Waals surface area contributed by atoms with Gasteiger partial charge in [0, 0.05) is 11.6 Å². The summed E-state index contributed by atoms with van der Waals surface area (Å²) in [6.45, 7) is 9.86. The minimum absolute atomic E-state index is 0.00558. The van der Waals surface area contributed by atoms with E-state index in [1.165, 1.54) is 0 Å². The van der Waals surface area contributed by atoms with Crippen LogP contribution in [0.3, 0.4) is 0 Å². The van der Waals surface area contributed by atoms with Crippen molar-refractivity contribution < 1.29 is 14.6 Å². The fourth-order valence-electron chi connectivity index (χ4n) is 2.95. The predicted molar refractivity (Wildman–Crippen MR) is 64.1 cm³/mol. The van der Waals surface area contributed by atoms with Crippen LogP contribution in [0.5, 0.6) is 0 Å². The van der Waals surface area contributed by atoms with E-state index in [1.807, 2.05) is 13.8 Å². The molecule has 96 valence electrons. The number of ether oxygens (including phenoxy) is 1. The molecule has 4 heteroatoms. The Labute approximate surface area is 102 Å². The highest BCUT2D eigenvalue weighted by Gasteiger charge is 2.69. The van der Waals surface area contributed by atoms with Crippen LogP contribution in [0.15, 0.2) is 12.3 Å². The molecule has 2 saturated heterocycles. The lowest BCUT2D eigenvalue weighted by Gasteiger charge is -2.47. The molecule has 0 saturated carbocycles. The van der Waals surface area contributed by atoms with Crippen molar-refractivity contribution in [3.63, 3.8) is 0 Å². The zero-order valence-electron chi connectivity index (χ0n) is 10.7. The Kier molecular flexibility index (Phi) is 2.94. The summed E-state index contributed by atoms with van der Waals surface area (Å²) in [5.74, 6) is -0.208. The maximum absolute atomic E-state index is 11.8. The number of fused-ring (bicyclic) bond motifs is 1. The molecular weight excluding hydrogens is 218 g/mol. The van der Waals surface area contributed by atoms with Crippen molar-refractivity contribution in [1.29, 1.82) is 0 Å². The second-order valence-electron chi connectivity index (χ2n) is 5.43. The van der Waals surface area contributed by atoms with Crippen molar-refractivity contribution in [1.82, 2.24) is 5.32 Å². The average Bonchev–Trinajstić information content (AvgIpc) is 2.49. The minimum atomic E-state index is -0.939. The summed E-state index contributed by atoms with van der Waals surface area (Å²) >= 11 is 0. The quantitative estimate of drug-likeness (QED) is 0.724. The highest BCUT2D eigenvalue weighted by atomic mass is 16.6. The van der Waals surface area contributed by atoms with Gasteiger partial charge in [0.1, 0.15) is 6.10 Å². The number of rotatable bonds is 4. The van der Waals surface area contributed by atoms with Crippen LogP contribution in [0.4, 0.5) is 0 Å². The SMILES string of the molecule is C=C1N[C@@]2([C@@H](O)C(C)C)C(=O)O[C@H]2[C@H]1CCC. The minimum Gasteiger partial charge on any atom is -0.456 e. The van der Waals surface area contributed by atoms with Gasteiger partial charge in [0.25, 0.3) is 0 Å². The van der Waals surface area contributed by atoms with Crippen molar-refractivity contribution in [2.45, 2.75) is 51.4 Å². The molecule has 4 nitrogen and oxygen atoms in total. The number of carbonyl (C=O) groups is 1. The third-order valence-electron chi connectivity index (χ3n) is 3.90. The molecule has 0 aromatic rings. The van der Waals surface area contributed by atoms with Gasteiger partial charge in [0.05, 0.1) is 6.10 Å². The summed E-state index contributed by atoms with van der Waals surface area (Å²) in [6, 6.07) is 0. The van der Waals surface area contributed by atoms with Gasteiger partial charge in [-0.3, -0.25) is 0 Å². The van der Waals surface area contributed by atoms with E-state index >= 15 is 0 Å². The first-order chi connectivity index (χ1) is 7.95. The van der Waals surface area contributed by atoms with Gasteiger partial charge in [-0.05, 0) is 12.3 Å². The zero-order chi connectivity index (χ0) is 12.8. The molecule has 0 bridgehead atoms. The Balaban J connectivity index is 2.27. The molecular formula is C13H21NO3. The fourth-order valence-corrected chi connectivity index (χ4v) is 2.95. The van der Waals surface area contributed by atoms with Crippen LogP contribution in [-0.2, 0) is 9.53 Å². The van der Waals surface area contributed by atoms with Crippen molar-refractivity contribution in [2.24, 2.45) is 11.8 Å². The summed E-state index contributed by atoms with van der Waals surface area (Å²) in [6.07, 6.45) is 0.955. The van der Waals surface area contributed by atoms with E-state index in [2.05, 4.69) is 18.8 Å². The molecule has 0 aliphatic carbocycles. The Hall–Kier alpha value is -1.03. The van der Waals surface area contributed by atoms with Crippen LogP contribution < -0.4 is 5.32 Å². The Morgan fingerprint density at radius 2 is 2.24 bits per heavy atom. The first-order valence-corrected chi connectivity index (χ1v) is 6.31. The zero-order valence-corrected chi connectivity index (χ0v) is 10.7. The van der Waals surface area contributed by atoms with Gasteiger partial charge in [0.15, 0.2) is 5.54 Å². The van der Waals surface area contributed by atoms with E-state index in [0.717, 1.165) is 18.5 Å². The van der Waals surface area contributed by atoms with Gasteiger partial charge in [-0.15, -0.1) is 0 Å². The topological polar surface area (TPSA) is 58.6 Å². The van der Waals surface area contributed by atoms with E-state index in [9.17, 15) is 9.90 Å². The van der Waals surface area contributed by atoms with Crippen molar-refractivity contribution in [3.05, 3.63) is 12.3 Å². The van der Waals surface area contributed by atoms with Crippen molar-refractivity contribution in [3.8, 4) is 0 Å². The number of aliphatic hydroxyl groups excluding tert-OH is 1. The number of aliphatic hydroxyl groups is 1. The van der Waals surface area contributed by atoms with Crippen molar-refractivity contribution in [2.75, 3.05) is 0 Å². The van der Waals surface area contributed by atoms with Gasteiger partial charge in [-0.2, -0.15) is 0 Å². The molecule has 2 aliphatic rings. The fraction of sp³-hybridized carbons (Fsp3) is 0.769. The largest absolute Gasteiger partial charge is 0.456 e. The normalized spacial score (nSPS) is 37.2. The first kappa shape index (κ1) is 12.4. The summed E-state index contributed by atoms with van der Waals surface area (Å²) in [4.78, 5) is 11.8. The average molecular weight is 239 g/mol. The van der Waals surface area contributed by atoms with E-state index in [4.69, 9.17) is 4.74 Å². The van der Waals surface area contributed by atoms with E-state index in [0.29, 0.717) is 0 Å². The third kappa shape index (κ3) is 1.50. The number of hydrogen-bond donors (Lipinski definition) is 2. The third-order valence-corrected chi connectivity index (χ3v) is 3.90. The van der Waals surface area contributed by atoms with Gasteiger partial charge in [-0.25, -0.2) is 4.79 Å². The molecule has 0 amide bonds. The maximum Gasteiger partial charge on any atom is 0.338 e. The molecule has 0 unspecified atom stereocenters. The van der Waals surface area contributed by atoms with Crippen LogP contribution in [-0.4, -0.2) is 28.8 Å². The lowest BCUT2D eigenvalue weighted by Crippen LogP contribution is -2.73. The highest BCUT2D eigenvalue weighted by molar-refractivity contribution is 5.90. The summed E-state index contributed by atoms with van der Waals surface area (Å²) < 4.78 is 5.25. The molecule has 0 radical (unpaired) electrons. The van der Waals surface area contributed by atoms with Crippen LogP contribution in [0, 0.1) is 11.8 Å². The van der Waals surface area contributed by atoms with Gasteiger partial charge < -0.3 is 15.2 Å². The second-order valence-corrected chi connectivity index (χ2v) is 5.43. The predicted octanol–water partition coefficient (Wildman–Crippen LogP) is 1.20.